The van der Waals surface area contributed by atoms with Gasteiger partial charge in [-0.1, -0.05) is 134 Å². The smallest absolute Gasteiger partial charge is 0.218 e. The predicted molar refractivity (Wildman–Crippen MR) is 282 cm³/mol. The molecule has 6 atom stereocenters. The zero-order valence-corrected chi connectivity index (χ0v) is 47.6. The molecule has 2 heterocycles. The van der Waals surface area contributed by atoms with Crippen LogP contribution in [0, 0.1) is 11.8 Å². The van der Waals surface area contributed by atoms with Crippen molar-refractivity contribution in [2.45, 2.75) is 218 Å². The van der Waals surface area contributed by atoms with E-state index in [-0.39, 0.29) is 60.2 Å². The summed E-state index contributed by atoms with van der Waals surface area (Å²) in [5.74, 6) is 0.491. The van der Waals surface area contributed by atoms with Crippen LogP contribution in [-0.4, -0.2) is 98.2 Å². The number of aromatic nitrogens is 4. The maximum Gasteiger partial charge on any atom is 0.218 e. The van der Waals surface area contributed by atoms with Crippen LogP contribution in [0.5, 0.6) is 0 Å². The Morgan fingerprint density at radius 2 is 1.30 bits per heavy atom. The molecule has 15 heteroatoms. The lowest BCUT2D eigenvalue weighted by atomic mass is 10.1. The number of aliphatic hydroxyl groups is 2. The SMILES string of the molecule is CC(C)[Si](O[C@H]1C[C@H](N)C[C@@H]1CO)(C(C)C)C(C)C.CC(C)[Si](O[C@H]1C[C@H](Nc2ncncc2C(=O)c2cc(CO[Si](C)(C)C(C)(C)C)n(Cc3ccccc3)n2)C[C@@H]1CO)(C(C)C)C(C)C. The van der Waals surface area contributed by atoms with Crippen LogP contribution in [0.15, 0.2) is 48.9 Å². The molecule has 67 heavy (non-hydrogen) atoms. The molecule has 5 N–H and O–H groups in total. The lowest BCUT2D eigenvalue weighted by molar-refractivity contribution is 0.0938. The number of rotatable bonds is 21. The van der Waals surface area contributed by atoms with Crippen molar-refractivity contribution >= 4 is 36.6 Å². The first-order valence-corrected chi connectivity index (χ1v) is 32.6. The van der Waals surface area contributed by atoms with Gasteiger partial charge in [-0.2, -0.15) is 5.10 Å². The van der Waals surface area contributed by atoms with Crippen molar-refractivity contribution in [2.24, 2.45) is 17.6 Å². The fraction of sp³-hybridized carbons (Fsp3) is 0.731. The van der Waals surface area contributed by atoms with Crippen LogP contribution in [0.25, 0.3) is 0 Å². The summed E-state index contributed by atoms with van der Waals surface area (Å²) >= 11 is 0. The quantitative estimate of drug-likeness (QED) is 0.0592. The van der Waals surface area contributed by atoms with Crippen LogP contribution < -0.4 is 11.1 Å². The molecule has 3 aromatic rings. The molecule has 0 amide bonds. The molecular formula is C52H92N6O6Si3. The molecule has 5 rings (SSSR count). The van der Waals surface area contributed by atoms with Crippen molar-refractivity contribution in [1.29, 1.82) is 0 Å². The number of aliphatic hydroxyl groups excluding tert-OH is 2. The molecule has 1 aromatic carbocycles. The van der Waals surface area contributed by atoms with Gasteiger partial charge in [-0.15, -0.1) is 0 Å². The van der Waals surface area contributed by atoms with E-state index in [1.807, 2.05) is 28.9 Å². The normalized spacial score (nSPS) is 21.9. The van der Waals surface area contributed by atoms with Gasteiger partial charge in [0.15, 0.2) is 8.32 Å². The number of anilines is 1. The second-order valence-electron chi connectivity index (χ2n) is 23.2. The van der Waals surface area contributed by atoms with Gasteiger partial charge in [0.2, 0.25) is 22.4 Å². The summed E-state index contributed by atoms with van der Waals surface area (Å²) < 4.78 is 22.4. The van der Waals surface area contributed by atoms with Crippen molar-refractivity contribution in [3.63, 3.8) is 0 Å². The minimum absolute atomic E-state index is 0.00373. The number of nitrogens with one attached hydrogen (secondary N) is 1. The van der Waals surface area contributed by atoms with Gasteiger partial charge in [-0.25, -0.2) is 9.97 Å². The van der Waals surface area contributed by atoms with E-state index in [0.717, 1.165) is 36.9 Å². The monoisotopic (exact) mass is 981 g/mol. The average Bonchev–Trinajstić information content (AvgIpc) is 3.95. The first kappa shape index (κ1) is 57.0. The first-order valence-electron chi connectivity index (χ1n) is 25.4. The fourth-order valence-electron chi connectivity index (χ4n) is 11.3. The number of hydrogen-bond acceptors (Lipinski definition) is 11. The van der Waals surface area contributed by atoms with Gasteiger partial charge < -0.3 is 34.5 Å². The minimum Gasteiger partial charge on any atom is -0.413 e. The van der Waals surface area contributed by atoms with Crippen molar-refractivity contribution in [2.75, 3.05) is 18.5 Å². The predicted octanol–water partition coefficient (Wildman–Crippen LogP) is 11.5. The van der Waals surface area contributed by atoms with Crippen LogP contribution in [0.1, 0.15) is 157 Å². The molecule has 12 nitrogen and oxygen atoms in total. The highest BCUT2D eigenvalue weighted by atomic mass is 28.4. The Labute approximate surface area is 408 Å². The Hall–Kier alpha value is -2.61. The first-order chi connectivity index (χ1) is 31.2. The highest BCUT2D eigenvalue weighted by Crippen LogP contribution is 2.47. The molecule has 2 aliphatic rings. The van der Waals surface area contributed by atoms with Gasteiger partial charge in [0.25, 0.3) is 0 Å². The minimum atomic E-state index is -2.14. The molecule has 0 unspecified atom stereocenters. The Morgan fingerprint density at radius 3 is 1.79 bits per heavy atom. The van der Waals surface area contributed by atoms with Gasteiger partial charge in [0.05, 0.1) is 36.6 Å². The Balaban J connectivity index is 0.000000431. The lowest BCUT2D eigenvalue weighted by Gasteiger charge is -2.45. The summed E-state index contributed by atoms with van der Waals surface area (Å²) in [5, 5.41) is 28.4. The van der Waals surface area contributed by atoms with Gasteiger partial charge >= 0.3 is 0 Å². The summed E-state index contributed by atoms with van der Waals surface area (Å²) in [7, 11) is -6.04. The number of nitrogens with two attached hydrogens (primary N) is 1. The number of nitrogens with zero attached hydrogens (tertiary/aromatic N) is 4. The van der Waals surface area contributed by atoms with E-state index in [1.165, 1.54) is 6.33 Å². The Morgan fingerprint density at radius 1 is 0.791 bits per heavy atom. The molecule has 2 aromatic heterocycles. The standard InChI is InChI=1S/C37H59N5O4Si2.C15H33NO2Si/c1-25(2)48(26(3)4,27(5)6)46-34-18-30(17-29(34)22-43)40-36-32(20-38-24-39-36)35(44)33-19-31(23-45-47(10,11)37(7,8)9)42(41-33)21-28-15-13-12-14-16-28;1-10(2)19(11(3)4,12(5)6)18-15-8-14(16)7-13(15)9-17/h12-16,19-20,24-27,29-30,34,43H,17-18,21-23H2,1-11H3,(H,38,39,40);10-15,17H,7-9,16H2,1-6H3/t29-,30-,34+;13-,14-,15+/m11/s1. The van der Waals surface area contributed by atoms with Crippen LogP contribution in [0.2, 0.25) is 51.4 Å². The van der Waals surface area contributed by atoms with Crippen LogP contribution in [0.4, 0.5) is 5.82 Å². The summed E-state index contributed by atoms with van der Waals surface area (Å²) in [5.41, 5.74) is 11.8. The zero-order valence-electron chi connectivity index (χ0n) is 44.6. The Kier molecular flexibility index (Phi) is 20.4. The van der Waals surface area contributed by atoms with Crippen molar-refractivity contribution in [3.8, 4) is 0 Å². The van der Waals surface area contributed by atoms with E-state index in [1.54, 1.807) is 6.20 Å². The number of carbonyl (C=O) groups is 1. The molecule has 2 saturated carbocycles. The molecule has 0 saturated heterocycles. The maximum absolute atomic E-state index is 14.1. The third kappa shape index (κ3) is 13.4. The Bertz CT molecular complexity index is 1940. The van der Waals surface area contributed by atoms with E-state index in [9.17, 15) is 15.0 Å². The van der Waals surface area contributed by atoms with Crippen molar-refractivity contribution in [3.05, 3.63) is 71.4 Å². The summed E-state index contributed by atoms with van der Waals surface area (Å²) in [6, 6.07) is 12.2. The van der Waals surface area contributed by atoms with Gasteiger partial charge in [0, 0.05) is 43.3 Å². The molecule has 2 aliphatic carbocycles. The lowest BCUT2D eigenvalue weighted by Crippen LogP contribution is -2.51. The number of ketones is 1. The highest BCUT2D eigenvalue weighted by Gasteiger charge is 2.51. The topological polar surface area (TPSA) is 167 Å². The third-order valence-electron chi connectivity index (χ3n) is 15.8. The van der Waals surface area contributed by atoms with Crippen molar-refractivity contribution in [1.82, 2.24) is 19.7 Å². The maximum atomic E-state index is 14.1. The van der Waals surface area contributed by atoms with Crippen molar-refractivity contribution < 1.29 is 28.3 Å². The second-order valence-corrected chi connectivity index (χ2v) is 38.8. The number of carbonyl (C=O) groups excluding carboxylic acids is 1. The summed E-state index contributed by atoms with van der Waals surface area (Å²) in [6.45, 7) is 39.8. The highest BCUT2D eigenvalue weighted by molar-refractivity contribution is 6.78. The van der Waals surface area contributed by atoms with Gasteiger partial charge in [0.1, 0.15) is 17.8 Å². The summed E-state index contributed by atoms with van der Waals surface area (Å²) in [6.07, 6.45) is 6.44. The molecule has 378 valence electrons. The summed E-state index contributed by atoms with van der Waals surface area (Å²) in [4.78, 5) is 22.9. The molecule has 0 aliphatic heterocycles. The van der Waals surface area contributed by atoms with E-state index in [2.05, 4.69) is 144 Å². The molecule has 0 spiro atoms. The number of hydrogen-bond donors (Lipinski definition) is 4. The number of benzene rings is 1. The molecule has 0 radical (unpaired) electrons. The van der Waals surface area contributed by atoms with E-state index < -0.39 is 25.0 Å². The van der Waals surface area contributed by atoms with Crippen LogP contribution in [0.3, 0.4) is 0 Å². The molecule has 0 bridgehead atoms. The van der Waals surface area contributed by atoms with Crippen LogP contribution >= 0.6 is 0 Å². The molecular weight excluding hydrogens is 889 g/mol. The second kappa shape index (κ2) is 24.0. The van der Waals surface area contributed by atoms with E-state index in [0.29, 0.717) is 63.5 Å². The van der Waals surface area contributed by atoms with Gasteiger partial charge in [-0.3, -0.25) is 9.48 Å². The largest absolute Gasteiger partial charge is 0.413 e. The average molecular weight is 982 g/mol. The molecule has 2 fully saturated rings. The van der Waals surface area contributed by atoms with Crippen LogP contribution in [-0.2, 0) is 26.4 Å². The van der Waals surface area contributed by atoms with Gasteiger partial charge in [-0.05, 0) is 88.7 Å². The van der Waals surface area contributed by atoms with E-state index >= 15 is 0 Å². The third-order valence-corrected chi connectivity index (χ3v) is 32.6. The van der Waals surface area contributed by atoms with E-state index in [4.69, 9.17) is 24.1 Å². The zero-order chi connectivity index (χ0) is 50.2. The fourth-order valence-corrected chi connectivity index (χ4v) is 23.5.